The molecule has 0 spiro atoms. The van der Waals surface area contributed by atoms with Crippen LogP contribution in [0.25, 0.3) is 0 Å². The van der Waals surface area contributed by atoms with Gasteiger partial charge in [0.1, 0.15) is 5.75 Å². The average molecular weight is 340 g/mol. The number of rotatable bonds is 7. The highest BCUT2D eigenvalue weighted by Gasteiger charge is 2.04. The minimum atomic E-state index is 0.660. The number of aliphatic imine (C=N–C) groups is 1. The van der Waals surface area contributed by atoms with Gasteiger partial charge < -0.3 is 20.3 Å². The van der Waals surface area contributed by atoms with E-state index in [-0.39, 0.29) is 0 Å². The number of hydrogen-bond donors (Lipinski definition) is 2. The molecular weight excluding hydrogens is 312 g/mol. The summed E-state index contributed by atoms with van der Waals surface area (Å²) in [5, 5.41) is 6.68. The smallest absolute Gasteiger partial charge is 0.191 e. The van der Waals surface area contributed by atoms with Gasteiger partial charge in [-0.2, -0.15) is 0 Å². The third-order valence-electron chi connectivity index (χ3n) is 3.86. The van der Waals surface area contributed by atoms with E-state index in [4.69, 9.17) is 4.74 Å². The van der Waals surface area contributed by atoms with Crippen molar-refractivity contribution in [3.63, 3.8) is 0 Å². The van der Waals surface area contributed by atoms with Crippen molar-refractivity contribution in [2.45, 2.75) is 20.0 Å². The van der Waals surface area contributed by atoms with Gasteiger partial charge in [-0.25, -0.2) is 0 Å². The Bertz CT molecular complexity index is 680. The molecule has 2 rings (SSSR count). The van der Waals surface area contributed by atoms with Crippen LogP contribution in [0.1, 0.15) is 18.1 Å². The maximum atomic E-state index is 5.66. The number of guanidine groups is 1. The molecule has 0 radical (unpaired) electrons. The Morgan fingerprint density at radius 2 is 1.68 bits per heavy atom. The lowest BCUT2D eigenvalue weighted by molar-refractivity contribution is 0.336. The van der Waals surface area contributed by atoms with Crippen molar-refractivity contribution in [3.8, 4) is 5.75 Å². The van der Waals surface area contributed by atoms with Crippen LogP contribution >= 0.6 is 0 Å². The Morgan fingerprint density at radius 1 is 1.00 bits per heavy atom. The molecule has 0 fully saturated rings. The van der Waals surface area contributed by atoms with Gasteiger partial charge in [0.05, 0.1) is 6.61 Å². The highest BCUT2D eigenvalue weighted by Crippen LogP contribution is 2.17. The summed E-state index contributed by atoms with van der Waals surface area (Å²) < 4.78 is 5.66. The maximum Gasteiger partial charge on any atom is 0.191 e. The number of para-hydroxylation sites is 1. The summed E-state index contributed by atoms with van der Waals surface area (Å²) in [5.74, 6) is 1.68. The summed E-state index contributed by atoms with van der Waals surface area (Å²) in [6.45, 7) is 4.04. The van der Waals surface area contributed by atoms with Gasteiger partial charge in [0.25, 0.3) is 0 Å². The molecule has 0 atom stereocenters. The molecule has 0 saturated heterocycles. The first-order chi connectivity index (χ1) is 12.1. The second kappa shape index (κ2) is 9.57. The molecule has 2 N–H and O–H groups in total. The Labute approximate surface area is 150 Å². The summed E-state index contributed by atoms with van der Waals surface area (Å²) in [6, 6.07) is 16.5. The molecule has 0 bridgehead atoms. The van der Waals surface area contributed by atoms with Crippen LogP contribution < -0.4 is 20.3 Å². The largest absolute Gasteiger partial charge is 0.494 e. The van der Waals surface area contributed by atoms with E-state index in [0.717, 1.165) is 23.8 Å². The summed E-state index contributed by atoms with van der Waals surface area (Å²) >= 11 is 0. The van der Waals surface area contributed by atoms with E-state index < -0.39 is 0 Å². The van der Waals surface area contributed by atoms with Gasteiger partial charge in [0.2, 0.25) is 0 Å². The van der Waals surface area contributed by atoms with Crippen LogP contribution in [0.15, 0.2) is 53.5 Å². The predicted octanol–water partition coefficient (Wildman–Crippen LogP) is 3.02. The van der Waals surface area contributed by atoms with E-state index in [2.05, 4.69) is 50.9 Å². The minimum Gasteiger partial charge on any atom is -0.494 e. The van der Waals surface area contributed by atoms with Gasteiger partial charge in [0.15, 0.2) is 5.96 Å². The summed E-state index contributed by atoms with van der Waals surface area (Å²) in [7, 11) is 5.86. The topological polar surface area (TPSA) is 48.9 Å². The van der Waals surface area contributed by atoms with E-state index in [9.17, 15) is 0 Å². The van der Waals surface area contributed by atoms with Crippen LogP contribution in [0.3, 0.4) is 0 Å². The molecule has 134 valence electrons. The average Bonchev–Trinajstić information content (AvgIpc) is 2.63. The number of ether oxygens (including phenoxy) is 1. The summed E-state index contributed by atoms with van der Waals surface area (Å²) in [6.07, 6.45) is 0. The van der Waals surface area contributed by atoms with Crippen molar-refractivity contribution in [1.29, 1.82) is 0 Å². The lowest BCUT2D eigenvalue weighted by Gasteiger charge is -2.15. The number of anilines is 1. The fraction of sp³-hybridized carbons (Fsp3) is 0.350. The molecule has 0 aliphatic heterocycles. The molecule has 0 unspecified atom stereocenters. The number of nitrogens with one attached hydrogen (secondary N) is 2. The molecule has 0 saturated carbocycles. The van der Waals surface area contributed by atoms with Crippen LogP contribution in [0, 0.1) is 0 Å². The molecular formula is C20H28N4O. The normalized spacial score (nSPS) is 11.1. The monoisotopic (exact) mass is 340 g/mol. The van der Waals surface area contributed by atoms with E-state index in [1.807, 2.05) is 39.2 Å². The molecule has 0 amide bonds. The van der Waals surface area contributed by atoms with Crippen LogP contribution in [-0.4, -0.2) is 33.7 Å². The van der Waals surface area contributed by atoms with Crippen molar-refractivity contribution >= 4 is 11.6 Å². The standard InChI is InChI=1S/C20H28N4O/c1-5-25-19-9-7-6-8-17(19)15-23-20(21-2)22-14-16-10-12-18(13-11-16)24(3)4/h6-13H,5,14-15H2,1-4H3,(H2,21,22,23). The van der Waals surface area contributed by atoms with Gasteiger partial charge in [0, 0.05) is 45.5 Å². The van der Waals surface area contributed by atoms with Crippen LogP contribution in [0.4, 0.5) is 5.69 Å². The zero-order chi connectivity index (χ0) is 18.1. The first kappa shape index (κ1) is 18.6. The van der Waals surface area contributed by atoms with Gasteiger partial charge in [-0.05, 0) is 30.7 Å². The lowest BCUT2D eigenvalue weighted by Crippen LogP contribution is -2.36. The van der Waals surface area contributed by atoms with Crippen molar-refractivity contribution in [1.82, 2.24) is 10.6 Å². The van der Waals surface area contributed by atoms with Crippen molar-refractivity contribution in [2.24, 2.45) is 4.99 Å². The Hall–Kier alpha value is -2.69. The lowest BCUT2D eigenvalue weighted by atomic mass is 10.2. The Kier molecular flexibility index (Phi) is 7.14. The van der Waals surface area contributed by atoms with Crippen LogP contribution in [-0.2, 0) is 13.1 Å². The van der Waals surface area contributed by atoms with E-state index >= 15 is 0 Å². The zero-order valence-corrected chi connectivity index (χ0v) is 15.5. The quantitative estimate of drug-likeness (QED) is 0.601. The van der Waals surface area contributed by atoms with E-state index in [1.54, 1.807) is 7.05 Å². The summed E-state index contributed by atoms with van der Waals surface area (Å²) in [4.78, 5) is 6.38. The van der Waals surface area contributed by atoms with E-state index in [1.165, 1.54) is 11.3 Å². The molecule has 5 nitrogen and oxygen atoms in total. The third-order valence-corrected chi connectivity index (χ3v) is 3.86. The van der Waals surface area contributed by atoms with Gasteiger partial charge in [-0.1, -0.05) is 30.3 Å². The Morgan fingerprint density at radius 3 is 2.32 bits per heavy atom. The number of hydrogen-bond acceptors (Lipinski definition) is 3. The molecule has 0 aliphatic rings. The molecule has 2 aromatic carbocycles. The molecule has 0 aliphatic carbocycles. The Balaban J connectivity index is 1.89. The molecule has 2 aromatic rings. The molecule has 5 heteroatoms. The zero-order valence-electron chi connectivity index (χ0n) is 15.5. The van der Waals surface area contributed by atoms with Crippen molar-refractivity contribution < 1.29 is 4.74 Å². The third kappa shape index (κ3) is 5.71. The van der Waals surface area contributed by atoms with Crippen LogP contribution in [0.2, 0.25) is 0 Å². The first-order valence-corrected chi connectivity index (χ1v) is 8.55. The maximum absolute atomic E-state index is 5.66. The molecule has 0 heterocycles. The first-order valence-electron chi connectivity index (χ1n) is 8.55. The SMILES string of the molecule is CCOc1ccccc1CNC(=NC)NCc1ccc(N(C)C)cc1. The van der Waals surface area contributed by atoms with Crippen molar-refractivity contribution in [2.75, 3.05) is 32.6 Å². The van der Waals surface area contributed by atoms with Gasteiger partial charge in [-0.3, -0.25) is 4.99 Å². The highest BCUT2D eigenvalue weighted by molar-refractivity contribution is 5.79. The number of benzene rings is 2. The minimum absolute atomic E-state index is 0.660. The fourth-order valence-corrected chi connectivity index (χ4v) is 2.44. The second-order valence-electron chi connectivity index (χ2n) is 5.88. The second-order valence-corrected chi connectivity index (χ2v) is 5.88. The van der Waals surface area contributed by atoms with Crippen LogP contribution in [0.5, 0.6) is 5.75 Å². The van der Waals surface area contributed by atoms with E-state index in [0.29, 0.717) is 13.2 Å². The van der Waals surface area contributed by atoms with Gasteiger partial charge in [-0.15, -0.1) is 0 Å². The molecule has 0 aromatic heterocycles. The van der Waals surface area contributed by atoms with Crippen molar-refractivity contribution in [3.05, 3.63) is 59.7 Å². The fourth-order valence-electron chi connectivity index (χ4n) is 2.44. The highest BCUT2D eigenvalue weighted by atomic mass is 16.5. The number of nitrogens with zero attached hydrogens (tertiary/aromatic N) is 2. The van der Waals surface area contributed by atoms with Gasteiger partial charge >= 0.3 is 0 Å². The summed E-state index contributed by atoms with van der Waals surface area (Å²) in [5.41, 5.74) is 3.52. The predicted molar refractivity (Wildman–Crippen MR) is 105 cm³/mol. The molecule has 25 heavy (non-hydrogen) atoms.